The van der Waals surface area contributed by atoms with Gasteiger partial charge in [0.25, 0.3) is 5.91 Å². The van der Waals surface area contributed by atoms with E-state index in [1.807, 2.05) is 37.3 Å². The highest BCUT2D eigenvalue weighted by atomic mass is 19.3. The Hall–Kier alpha value is -3.16. The highest BCUT2D eigenvalue weighted by molar-refractivity contribution is 5.92. The van der Waals surface area contributed by atoms with Crippen molar-refractivity contribution >= 4 is 11.9 Å². The number of alkyl halides is 2. The molecule has 162 valence electrons. The molecule has 1 amide bonds. The van der Waals surface area contributed by atoms with Crippen molar-refractivity contribution in [3.05, 3.63) is 59.7 Å². The number of rotatable bonds is 10. The third-order valence-electron chi connectivity index (χ3n) is 4.37. The van der Waals surface area contributed by atoms with E-state index in [2.05, 4.69) is 10.1 Å². The number of halogens is 2. The van der Waals surface area contributed by atoms with Gasteiger partial charge in [-0.3, -0.25) is 4.79 Å². The van der Waals surface area contributed by atoms with Crippen molar-refractivity contribution < 1.29 is 32.6 Å². The molecule has 8 heteroatoms. The van der Waals surface area contributed by atoms with Crippen LogP contribution in [0.4, 0.5) is 8.78 Å². The molecule has 0 spiro atoms. The van der Waals surface area contributed by atoms with Crippen molar-refractivity contribution in [2.24, 2.45) is 0 Å². The fourth-order valence-electron chi connectivity index (χ4n) is 2.73. The molecule has 2 rings (SSSR count). The van der Waals surface area contributed by atoms with E-state index in [1.165, 1.54) is 37.8 Å². The molecule has 6 nitrogen and oxygen atoms in total. The summed E-state index contributed by atoms with van der Waals surface area (Å²) in [6.07, 6.45) is 0.516. The van der Waals surface area contributed by atoms with Gasteiger partial charge in [-0.1, -0.05) is 30.3 Å². The lowest BCUT2D eigenvalue weighted by atomic mass is 10.1. The maximum Gasteiger partial charge on any atom is 0.387 e. The lowest BCUT2D eigenvalue weighted by Gasteiger charge is -2.18. The number of nitrogens with one attached hydrogen (secondary N) is 1. The standard InChI is InChI=1S/C22H25F2NO5/c1-14(9-10-16-7-5-4-6-8-16)25-20(26)15(2)29-21(27)17-11-12-18(30-22(23)24)19(13-17)28-3/h4-8,11-15,22H,9-10H2,1-3H3,(H,25,26)/t14-,15+/m0/s1. The van der Waals surface area contributed by atoms with E-state index in [0.717, 1.165) is 12.8 Å². The Morgan fingerprint density at radius 1 is 1.03 bits per heavy atom. The van der Waals surface area contributed by atoms with E-state index < -0.39 is 24.6 Å². The first-order valence-corrected chi connectivity index (χ1v) is 9.48. The summed E-state index contributed by atoms with van der Waals surface area (Å²) in [6, 6.07) is 13.4. The SMILES string of the molecule is COc1cc(C(=O)O[C@H](C)C(=O)N[C@@H](C)CCc2ccccc2)ccc1OC(F)F. The number of methoxy groups -OCH3 is 1. The van der Waals surface area contributed by atoms with Crippen molar-refractivity contribution in [1.82, 2.24) is 5.32 Å². The maximum absolute atomic E-state index is 12.4. The van der Waals surface area contributed by atoms with Crippen molar-refractivity contribution in [2.45, 2.75) is 45.4 Å². The molecule has 0 saturated heterocycles. The topological polar surface area (TPSA) is 73.9 Å². The van der Waals surface area contributed by atoms with Crippen molar-refractivity contribution in [1.29, 1.82) is 0 Å². The second kappa shape index (κ2) is 11.1. The van der Waals surface area contributed by atoms with Gasteiger partial charge in [0.1, 0.15) is 0 Å². The predicted molar refractivity (Wildman–Crippen MR) is 107 cm³/mol. The summed E-state index contributed by atoms with van der Waals surface area (Å²) in [7, 11) is 1.26. The molecule has 0 unspecified atom stereocenters. The first kappa shape index (κ1) is 23.1. The molecular formula is C22H25F2NO5. The van der Waals surface area contributed by atoms with Crippen LogP contribution in [0, 0.1) is 0 Å². The van der Waals surface area contributed by atoms with E-state index in [-0.39, 0.29) is 23.1 Å². The number of hydrogen-bond acceptors (Lipinski definition) is 5. The molecule has 0 aromatic heterocycles. The molecule has 2 aromatic rings. The maximum atomic E-state index is 12.4. The van der Waals surface area contributed by atoms with Gasteiger partial charge in [0.05, 0.1) is 12.7 Å². The van der Waals surface area contributed by atoms with Crippen molar-refractivity contribution in [2.75, 3.05) is 7.11 Å². The number of carbonyl (C=O) groups is 2. The fraction of sp³-hybridized carbons (Fsp3) is 0.364. The highest BCUT2D eigenvalue weighted by Crippen LogP contribution is 2.29. The molecule has 0 saturated carbocycles. The van der Waals surface area contributed by atoms with Crippen molar-refractivity contribution in [3.63, 3.8) is 0 Å². The summed E-state index contributed by atoms with van der Waals surface area (Å²) < 4.78 is 39.3. The van der Waals surface area contributed by atoms with Gasteiger partial charge in [0.2, 0.25) is 0 Å². The first-order chi connectivity index (χ1) is 14.3. The molecule has 0 heterocycles. The van der Waals surface area contributed by atoms with E-state index >= 15 is 0 Å². The summed E-state index contributed by atoms with van der Waals surface area (Å²) in [5, 5.41) is 2.82. The van der Waals surface area contributed by atoms with Gasteiger partial charge in [0, 0.05) is 6.04 Å². The monoisotopic (exact) mass is 421 g/mol. The van der Waals surface area contributed by atoms with Gasteiger partial charge in [-0.25, -0.2) is 4.79 Å². The molecule has 2 atom stereocenters. The molecule has 0 bridgehead atoms. The average molecular weight is 421 g/mol. The lowest BCUT2D eigenvalue weighted by molar-refractivity contribution is -0.129. The van der Waals surface area contributed by atoms with E-state index in [9.17, 15) is 18.4 Å². The number of benzene rings is 2. The first-order valence-electron chi connectivity index (χ1n) is 9.48. The predicted octanol–water partition coefficient (Wildman–Crippen LogP) is 3.98. The number of aryl methyl sites for hydroxylation is 1. The Morgan fingerprint density at radius 3 is 2.37 bits per heavy atom. The molecule has 0 aliphatic carbocycles. The van der Waals surface area contributed by atoms with Crippen LogP contribution in [0.3, 0.4) is 0 Å². The molecule has 30 heavy (non-hydrogen) atoms. The third kappa shape index (κ3) is 7.02. The summed E-state index contributed by atoms with van der Waals surface area (Å²) in [6.45, 7) is 0.314. The Balaban J connectivity index is 1.88. The van der Waals surface area contributed by atoms with Crippen LogP contribution >= 0.6 is 0 Å². The van der Waals surface area contributed by atoms with E-state index in [1.54, 1.807) is 0 Å². The number of ether oxygens (including phenoxy) is 3. The molecule has 0 fully saturated rings. The average Bonchev–Trinajstić information content (AvgIpc) is 2.72. The quantitative estimate of drug-likeness (QED) is 0.588. The molecule has 1 N–H and O–H groups in total. The van der Waals surface area contributed by atoms with Gasteiger partial charge in [0.15, 0.2) is 17.6 Å². The third-order valence-corrected chi connectivity index (χ3v) is 4.37. The fourth-order valence-corrected chi connectivity index (χ4v) is 2.73. The number of carbonyl (C=O) groups excluding carboxylic acids is 2. The highest BCUT2D eigenvalue weighted by Gasteiger charge is 2.22. The Bertz CT molecular complexity index is 845. The van der Waals surface area contributed by atoms with Crippen LogP contribution in [-0.4, -0.2) is 37.7 Å². The molecule has 0 radical (unpaired) electrons. The van der Waals surface area contributed by atoms with Crippen LogP contribution in [0.5, 0.6) is 11.5 Å². The zero-order valence-electron chi connectivity index (χ0n) is 17.1. The van der Waals surface area contributed by atoms with Crippen LogP contribution in [-0.2, 0) is 16.0 Å². The van der Waals surface area contributed by atoms with Crippen LogP contribution in [0.15, 0.2) is 48.5 Å². The van der Waals surface area contributed by atoms with Gasteiger partial charge in [-0.15, -0.1) is 0 Å². The zero-order chi connectivity index (χ0) is 22.1. The van der Waals surface area contributed by atoms with Crippen molar-refractivity contribution in [3.8, 4) is 11.5 Å². The Kier molecular flexibility index (Phi) is 8.58. The second-order valence-electron chi connectivity index (χ2n) is 6.73. The van der Waals surface area contributed by atoms with Gasteiger partial charge in [-0.2, -0.15) is 8.78 Å². The minimum atomic E-state index is -3.02. The van der Waals surface area contributed by atoms with E-state index in [0.29, 0.717) is 0 Å². The summed E-state index contributed by atoms with van der Waals surface area (Å²) in [4.78, 5) is 24.6. The summed E-state index contributed by atoms with van der Waals surface area (Å²) in [5.74, 6) is -1.46. The summed E-state index contributed by atoms with van der Waals surface area (Å²) >= 11 is 0. The Labute approximate surface area is 174 Å². The van der Waals surface area contributed by atoms with Crippen LogP contribution in [0.2, 0.25) is 0 Å². The smallest absolute Gasteiger partial charge is 0.387 e. The number of esters is 1. The molecule has 2 aromatic carbocycles. The number of hydrogen-bond donors (Lipinski definition) is 1. The lowest BCUT2D eigenvalue weighted by Crippen LogP contribution is -2.41. The van der Waals surface area contributed by atoms with Crippen LogP contribution in [0.25, 0.3) is 0 Å². The minimum Gasteiger partial charge on any atom is -0.493 e. The van der Waals surface area contributed by atoms with E-state index in [4.69, 9.17) is 9.47 Å². The molecular weight excluding hydrogens is 396 g/mol. The Morgan fingerprint density at radius 2 is 1.73 bits per heavy atom. The largest absolute Gasteiger partial charge is 0.493 e. The van der Waals surface area contributed by atoms with Gasteiger partial charge < -0.3 is 19.5 Å². The second-order valence-corrected chi connectivity index (χ2v) is 6.73. The van der Waals surface area contributed by atoms with Gasteiger partial charge in [-0.05, 0) is 50.5 Å². The van der Waals surface area contributed by atoms with Crippen LogP contribution < -0.4 is 14.8 Å². The summed E-state index contributed by atoms with van der Waals surface area (Å²) in [5.41, 5.74) is 1.22. The minimum absolute atomic E-state index is 0.0450. The van der Waals surface area contributed by atoms with Crippen LogP contribution in [0.1, 0.15) is 36.2 Å². The number of amides is 1. The zero-order valence-corrected chi connectivity index (χ0v) is 17.1. The molecule has 0 aliphatic heterocycles. The van der Waals surface area contributed by atoms with Gasteiger partial charge >= 0.3 is 12.6 Å². The molecule has 0 aliphatic rings. The normalized spacial score (nSPS) is 12.7.